The van der Waals surface area contributed by atoms with Crippen LogP contribution in [0, 0.1) is 11.8 Å². The van der Waals surface area contributed by atoms with Gasteiger partial charge in [-0.3, -0.25) is 4.79 Å². The van der Waals surface area contributed by atoms with Gasteiger partial charge in [0, 0.05) is 17.9 Å². The molecule has 0 bridgehead atoms. The van der Waals surface area contributed by atoms with Crippen molar-refractivity contribution in [3.05, 3.63) is 48.2 Å². The van der Waals surface area contributed by atoms with E-state index in [0.717, 1.165) is 42.6 Å². The summed E-state index contributed by atoms with van der Waals surface area (Å²) in [6.07, 6.45) is 5.33. The maximum absolute atomic E-state index is 12.7. The number of carbonyl (C=O) groups excluding carboxylic acids is 1. The van der Waals surface area contributed by atoms with Crippen molar-refractivity contribution in [1.82, 2.24) is 0 Å². The Balaban J connectivity index is 1.51. The molecule has 2 aromatic rings. The summed E-state index contributed by atoms with van der Waals surface area (Å²) in [7, 11) is -3.10. The monoisotopic (exact) mass is 402 g/mol. The molecule has 1 aromatic carbocycles. The van der Waals surface area contributed by atoms with Gasteiger partial charge in [0.25, 0.3) is 0 Å². The number of Topliss-reactive ketones (excluding diaryl/α,β-unsaturated/α-hetero) is 1. The van der Waals surface area contributed by atoms with E-state index in [1.54, 1.807) is 27.0 Å². The number of furan rings is 1. The summed E-state index contributed by atoms with van der Waals surface area (Å²) >= 11 is 0. The Kier molecular flexibility index (Phi) is 6.13. The van der Waals surface area contributed by atoms with Gasteiger partial charge in [-0.25, -0.2) is 8.42 Å². The van der Waals surface area contributed by atoms with Crippen molar-refractivity contribution in [2.45, 2.75) is 57.6 Å². The van der Waals surface area contributed by atoms with Crippen LogP contribution in [0.1, 0.15) is 52.0 Å². The van der Waals surface area contributed by atoms with Crippen LogP contribution in [0.5, 0.6) is 0 Å². The second-order valence-electron chi connectivity index (χ2n) is 8.93. The van der Waals surface area contributed by atoms with Crippen molar-refractivity contribution < 1.29 is 17.6 Å². The van der Waals surface area contributed by atoms with Crippen LogP contribution in [0.15, 0.2) is 47.1 Å². The molecule has 1 heterocycles. The normalized spacial score (nSPS) is 20.8. The summed E-state index contributed by atoms with van der Waals surface area (Å²) in [4.78, 5) is 12.7. The second-order valence-corrected chi connectivity index (χ2v) is 11.7. The lowest BCUT2D eigenvalue weighted by atomic mass is 9.79. The van der Waals surface area contributed by atoms with E-state index in [-0.39, 0.29) is 23.4 Å². The fraction of sp³-hybridized carbons (Fsp3) is 0.522. The smallest absolute Gasteiger partial charge is 0.155 e. The lowest BCUT2D eigenvalue weighted by molar-refractivity contribution is -0.123. The fourth-order valence-corrected chi connectivity index (χ4v) is 5.24. The van der Waals surface area contributed by atoms with Gasteiger partial charge < -0.3 is 4.42 Å². The minimum atomic E-state index is -3.10. The van der Waals surface area contributed by atoms with E-state index < -0.39 is 14.6 Å². The Labute approximate surface area is 168 Å². The lowest BCUT2D eigenvalue weighted by Crippen LogP contribution is -2.35. The number of hydrogen-bond acceptors (Lipinski definition) is 4. The maximum atomic E-state index is 12.7. The molecule has 0 N–H and O–H groups in total. The summed E-state index contributed by atoms with van der Waals surface area (Å²) in [6.45, 7) is 5.28. The molecule has 1 aliphatic rings. The molecule has 152 valence electrons. The van der Waals surface area contributed by atoms with Crippen LogP contribution in [-0.4, -0.2) is 24.7 Å². The third-order valence-electron chi connectivity index (χ3n) is 5.83. The van der Waals surface area contributed by atoms with Gasteiger partial charge >= 0.3 is 0 Å². The standard InChI is InChI=1S/C23H30O4S/c1-23(2,3)28(25,26)16-18-8-10-19(11-9-18)21(24)15-17-6-12-20(13-7-17)22-5-4-14-27-22/h4-7,12-14,18-19H,8-11,15-16H2,1-3H3. The van der Waals surface area contributed by atoms with Crippen molar-refractivity contribution >= 4 is 15.6 Å². The van der Waals surface area contributed by atoms with E-state index in [1.165, 1.54) is 0 Å². The summed E-state index contributed by atoms with van der Waals surface area (Å²) in [5.41, 5.74) is 2.01. The summed E-state index contributed by atoms with van der Waals surface area (Å²) < 4.78 is 29.5. The summed E-state index contributed by atoms with van der Waals surface area (Å²) in [5.74, 6) is 1.56. The molecule has 1 saturated carbocycles. The van der Waals surface area contributed by atoms with Gasteiger partial charge in [-0.05, 0) is 70.1 Å². The molecule has 0 spiro atoms. The molecule has 0 atom stereocenters. The topological polar surface area (TPSA) is 64.3 Å². The molecule has 0 unspecified atom stereocenters. The van der Waals surface area contributed by atoms with E-state index in [4.69, 9.17) is 4.42 Å². The van der Waals surface area contributed by atoms with Crippen LogP contribution in [0.2, 0.25) is 0 Å². The molecule has 4 nitrogen and oxygen atoms in total. The Bertz CT molecular complexity index is 879. The zero-order valence-corrected chi connectivity index (χ0v) is 17.8. The predicted molar refractivity (Wildman–Crippen MR) is 112 cm³/mol. The Hall–Kier alpha value is -1.88. The van der Waals surface area contributed by atoms with Crippen LogP contribution < -0.4 is 0 Å². The number of rotatable bonds is 6. The van der Waals surface area contributed by atoms with Crippen LogP contribution in [0.25, 0.3) is 11.3 Å². The van der Waals surface area contributed by atoms with Crippen molar-refractivity contribution in [2.75, 3.05) is 5.75 Å². The first-order valence-corrected chi connectivity index (χ1v) is 11.7. The molecule has 28 heavy (non-hydrogen) atoms. The molecule has 1 fully saturated rings. The lowest BCUT2D eigenvalue weighted by Gasteiger charge is -2.30. The average molecular weight is 403 g/mol. The van der Waals surface area contributed by atoms with Gasteiger partial charge in [0.05, 0.1) is 16.8 Å². The van der Waals surface area contributed by atoms with Crippen LogP contribution in [0.3, 0.4) is 0 Å². The van der Waals surface area contributed by atoms with Crippen LogP contribution in [-0.2, 0) is 21.1 Å². The quantitative estimate of drug-likeness (QED) is 0.676. The summed E-state index contributed by atoms with van der Waals surface area (Å²) in [6, 6.07) is 11.7. The van der Waals surface area contributed by atoms with Gasteiger partial charge in [-0.2, -0.15) is 0 Å². The highest BCUT2D eigenvalue weighted by atomic mass is 32.2. The zero-order valence-electron chi connectivity index (χ0n) is 17.0. The summed E-state index contributed by atoms with van der Waals surface area (Å²) in [5, 5.41) is 0. The van der Waals surface area contributed by atoms with E-state index in [2.05, 4.69) is 0 Å². The second kappa shape index (κ2) is 8.24. The average Bonchev–Trinajstić information content (AvgIpc) is 3.16. The Morgan fingerprint density at radius 3 is 2.21 bits per heavy atom. The number of sulfone groups is 1. The molecule has 0 amide bonds. The van der Waals surface area contributed by atoms with Crippen molar-refractivity contribution in [2.24, 2.45) is 11.8 Å². The van der Waals surface area contributed by atoms with Crippen molar-refractivity contribution in [3.63, 3.8) is 0 Å². The van der Waals surface area contributed by atoms with Crippen molar-refractivity contribution in [1.29, 1.82) is 0 Å². The molecule has 1 aliphatic carbocycles. The van der Waals surface area contributed by atoms with Crippen LogP contribution >= 0.6 is 0 Å². The highest BCUT2D eigenvalue weighted by Gasteiger charge is 2.34. The molecule has 3 rings (SSSR count). The van der Waals surface area contributed by atoms with Gasteiger partial charge in [-0.1, -0.05) is 24.3 Å². The first-order chi connectivity index (χ1) is 13.2. The molecular formula is C23H30O4S. The van der Waals surface area contributed by atoms with E-state index in [0.29, 0.717) is 6.42 Å². The van der Waals surface area contributed by atoms with Gasteiger partial charge in [0.15, 0.2) is 9.84 Å². The number of carbonyl (C=O) groups is 1. The minimum Gasteiger partial charge on any atom is -0.464 e. The first kappa shape index (κ1) is 20.8. The Morgan fingerprint density at radius 1 is 1.04 bits per heavy atom. The number of benzene rings is 1. The molecule has 0 saturated heterocycles. The van der Waals surface area contributed by atoms with Gasteiger partial charge in [0.1, 0.15) is 11.5 Å². The highest BCUT2D eigenvalue weighted by Crippen LogP contribution is 2.33. The molecule has 0 radical (unpaired) electrons. The van der Waals surface area contributed by atoms with Gasteiger partial charge in [-0.15, -0.1) is 0 Å². The maximum Gasteiger partial charge on any atom is 0.155 e. The third kappa shape index (κ3) is 4.93. The molecule has 1 aromatic heterocycles. The van der Waals surface area contributed by atoms with Crippen molar-refractivity contribution in [3.8, 4) is 11.3 Å². The first-order valence-electron chi connectivity index (χ1n) is 10.0. The number of hydrogen-bond donors (Lipinski definition) is 0. The SMILES string of the molecule is CC(C)(C)S(=O)(=O)CC1CCC(C(=O)Cc2ccc(-c3ccco3)cc2)CC1. The van der Waals surface area contributed by atoms with E-state index in [9.17, 15) is 13.2 Å². The predicted octanol–water partition coefficient (Wildman–Crippen LogP) is 5.08. The molecule has 0 aliphatic heterocycles. The largest absolute Gasteiger partial charge is 0.464 e. The fourth-order valence-electron chi connectivity index (χ4n) is 3.79. The molecule has 5 heteroatoms. The third-order valence-corrected chi connectivity index (χ3v) is 8.60. The highest BCUT2D eigenvalue weighted by molar-refractivity contribution is 7.92. The van der Waals surface area contributed by atoms with E-state index in [1.807, 2.05) is 36.4 Å². The number of ketones is 1. The minimum absolute atomic E-state index is 0.0540. The Morgan fingerprint density at radius 2 is 1.68 bits per heavy atom. The van der Waals surface area contributed by atoms with Crippen LogP contribution in [0.4, 0.5) is 0 Å². The zero-order chi connectivity index (χ0) is 20.4. The van der Waals surface area contributed by atoms with E-state index >= 15 is 0 Å². The molecular weight excluding hydrogens is 372 g/mol. The van der Waals surface area contributed by atoms with Gasteiger partial charge in [0.2, 0.25) is 0 Å².